The molecule has 0 aromatic heterocycles. The fourth-order valence-electron chi connectivity index (χ4n) is 3.83. The molecule has 1 heterocycles. The highest BCUT2D eigenvalue weighted by Gasteiger charge is 2.57. The van der Waals surface area contributed by atoms with Crippen LogP contribution in [0.15, 0.2) is 0 Å². The van der Waals surface area contributed by atoms with Gasteiger partial charge in [0.25, 0.3) is 0 Å². The molecule has 4 atom stereocenters. The largest absolute Gasteiger partial charge is 0.392 e. The van der Waals surface area contributed by atoms with Crippen LogP contribution in [0.5, 0.6) is 0 Å². The van der Waals surface area contributed by atoms with Crippen molar-refractivity contribution in [3.8, 4) is 0 Å². The number of nitrogens with one attached hydrogen (secondary N) is 1. The number of aliphatic hydroxyl groups excluding tert-OH is 1. The van der Waals surface area contributed by atoms with Crippen LogP contribution in [0.25, 0.3) is 0 Å². The molecule has 2 N–H and O–H groups in total. The second-order valence-corrected chi connectivity index (χ2v) is 7.09. The van der Waals surface area contributed by atoms with Gasteiger partial charge in [0.05, 0.1) is 12.2 Å². The molecule has 0 radical (unpaired) electrons. The van der Waals surface area contributed by atoms with E-state index in [0.29, 0.717) is 24.0 Å². The van der Waals surface area contributed by atoms with Gasteiger partial charge in [0.2, 0.25) is 0 Å². The fraction of sp³-hybridized carbons (Fsp3) is 1.00. The second-order valence-electron chi connectivity index (χ2n) is 7.09. The van der Waals surface area contributed by atoms with Crippen LogP contribution in [0.1, 0.15) is 47.0 Å². The Balaban J connectivity index is 1.82. The minimum atomic E-state index is -0.218. The van der Waals surface area contributed by atoms with Gasteiger partial charge in [-0.1, -0.05) is 27.7 Å². The summed E-state index contributed by atoms with van der Waals surface area (Å²) in [6.07, 6.45) is 3.54. The topological polar surface area (TPSA) is 41.5 Å². The molecule has 0 aromatic rings. The monoisotopic (exact) mass is 255 g/mol. The predicted molar refractivity (Wildman–Crippen MR) is 73.5 cm³/mol. The molecule has 1 aliphatic heterocycles. The van der Waals surface area contributed by atoms with E-state index in [2.05, 4.69) is 33.0 Å². The molecule has 0 spiro atoms. The fourth-order valence-corrected chi connectivity index (χ4v) is 3.83. The third-order valence-corrected chi connectivity index (χ3v) is 4.65. The van der Waals surface area contributed by atoms with Gasteiger partial charge in [0.15, 0.2) is 0 Å². The van der Waals surface area contributed by atoms with E-state index in [0.717, 1.165) is 19.6 Å². The van der Waals surface area contributed by atoms with Gasteiger partial charge in [-0.2, -0.15) is 0 Å². The molecular weight excluding hydrogens is 226 g/mol. The lowest BCUT2D eigenvalue weighted by Crippen LogP contribution is -2.69. The Kier molecular flexibility index (Phi) is 4.35. The molecule has 2 rings (SSSR count). The molecule has 0 amide bonds. The maximum Gasteiger partial charge on any atom is 0.0684 e. The van der Waals surface area contributed by atoms with E-state index >= 15 is 0 Å². The molecule has 0 aromatic carbocycles. The Hall–Kier alpha value is -0.120. The van der Waals surface area contributed by atoms with Crippen LogP contribution < -0.4 is 5.32 Å². The van der Waals surface area contributed by atoms with E-state index in [1.54, 1.807) is 0 Å². The van der Waals surface area contributed by atoms with E-state index < -0.39 is 0 Å². The van der Waals surface area contributed by atoms with E-state index in [9.17, 15) is 5.11 Å². The van der Waals surface area contributed by atoms with Crippen molar-refractivity contribution < 1.29 is 9.84 Å². The second kappa shape index (κ2) is 5.48. The quantitative estimate of drug-likeness (QED) is 0.791. The Labute approximate surface area is 111 Å². The molecule has 3 nitrogen and oxygen atoms in total. The first-order valence-electron chi connectivity index (χ1n) is 7.46. The van der Waals surface area contributed by atoms with Crippen molar-refractivity contribution in [1.82, 2.24) is 5.32 Å². The van der Waals surface area contributed by atoms with E-state index in [1.165, 1.54) is 12.8 Å². The van der Waals surface area contributed by atoms with Crippen LogP contribution in [0, 0.1) is 17.3 Å². The molecule has 3 heteroatoms. The first kappa shape index (κ1) is 14.3. The van der Waals surface area contributed by atoms with Crippen LogP contribution in [-0.4, -0.2) is 36.5 Å². The van der Waals surface area contributed by atoms with Crippen LogP contribution in [0.2, 0.25) is 0 Å². The minimum absolute atomic E-state index is 0.211. The predicted octanol–water partition coefficient (Wildman–Crippen LogP) is 2.19. The highest BCUT2D eigenvalue weighted by atomic mass is 16.5. The molecule has 18 heavy (non-hydrogen) atoms. The molecule has 0 bridgehead atoms. The number of hydrogen-bond donors (Lipinski definition) is 2. The summed E-state index contributed by atoms with van der Waals surface area (Å²) in [4.78, 5) is 0. The average Bonchev–Trinajstić information content (AvgIpc) is 2.28. The van der Waals surface area contributed by atoms with Crippen molar-refractivity contribution in [2.24, 2.45) is 17.3 Å². The summed E-state index contributed by atoms with van der Waals surface area (Å²) in [5.41, 5.74) is 0.211. The summed E-state index contributed by atoms with van der Waals surface area (Å²) in [5.74, 6) is 1.21. The highest BCUT2D eigenvalue weighted by molar-refractivity contribution is 5.10. The summed E-state index contributed by atoms with van der Waals surface area (Å²) >= 11 is 0. The molecule has 1 saturated heterocycles. The van der Waals surface area contributed by atoms with E-state index in [-0.39, 0.29) is 11.5 Å². The first-order valence-corrected chi connectivity index (χ1v) is 7.46. The van der Waals surface area contributed by atoms with Crippen LogP contribution >= 0.6 is 0 Å². The minimum Gasteiger partial charge on any atom is -0.392 e. The summed E-state index contributed by atoms with van der Waals surface area (Å²) in [5, 5.41) is 13.5. The van der Waals surface area contributed by atoms with Crippen LogP contribution in [-0.2, 0) is 4.74 Å². The Morgan fingerprint density at radius 2 is 2.11 bits per heavy atom. The zero-order chi connectivity index (χ0) is 13.3. The zero-order valence-corrected chi connectivity index (χ0v) is 12.3. The summed E-state index contributed by atoms with van der Waals surface area (Å²) in [6.45, 7) is 10.5. The van der Waals surface area contributed by atoms with Gasteiger partial charge in [-0.05, 0) is 25.2 Å². The molecule has 1 saturated carbocycles. The lowest BCUT2D eigenvalue weighted by molar-refractivity contribution is -0.193. The van der Waals surface area contributed by atoms with Gasteiger partial charge in [0, 0.05) is 30.5 Å². The highest BCUT2D eigenvalue weighted by Crippen LogP contribution is 2.51. The Morgan fingerprint density at radius 1 is 1.39 bits per heavy atom. The van der Waals surface area contributed by atoms with Crippen molar-refractivity contribution in [3.63, 3.8) is 0 Å². The average molecular weight is 255 g/mol. The number of ether oxygens (including phenoxy) is 1. The Bertz CT molecular complexity index is 278. The van der Waals surface area contributed by atoms with Gasteiger partial charge in [-0.15, -0.1) is 0 Å². The maximum atomic E-state index is 9.96. The van der Waals surface area contributed by atoms with Gasteiger partial charge in [0.1, 0.15) is 0 Å². The van der Waals surface area contributed by atoms with Gasteiger partial charge in [-0.3, -0.25) is 0 Å². The summed E-state index contributed by atoms with van der Waals surface area (Å²) in [7, 11) is 0. The first-order chi connectivity index (χ1) is 8.43. The van der Waals surface area contributed by atoms with E-state index in [4.69, 9.17) is 4.74 Å². The number of fused-ring (bicyclic) bond motifs is 1. The summed E-state index contributed by atoms with van der Waals surface area (Å²) in [6, 6.07) is 0.504. The number of hydrogen-bond acceptors (Lipinski definition) is 3. The SMILES string of the molecule is CC(C)CC(O)CNC1C2CCCOC2C1(C)C. The van der Waals surface area contributed by atoms with Crippen molar-refractivity contribution in [2.45, 2.75) is 65.2 Å². The van der Waals surface area contributed by atoms with Crippen molar-refractivity contribution in [3.05, 3.63) is 0 Å². The van der Waals surface area contributed by atoms with E-state index in [1.807, 2.05) is 0 Å². The molecule has 2 aliphatic rings. The molecular formula is C15H29NO2. The normalized spacial score (nSPS) is 36.0. The van der Waals surface area contributed by atoms with Gasteiger partial charge < -0.3 is 15.2 Å². The smallest absolute Gasteiger partial charge is 0.0684 e. The third kappa shape index (κ3) is 2.73. The number of rotatable bonds is 5. The van der Waals surface area contributed by atoms with Crippen molar-refractivity contribution >= 4 is 0 Å². The lowest BCUT2D eigenvalue weighted by atomic mass is 9.55. The molecule has 4 unspecified atom stereocenters. The number of aliphatic hydroxyl groups is 1. The third-order valence-electron chi connectivity index (χ3n) is 4.65. The molecule has 106 valence electrons. The zero-order valence-electron chi connectivity index (χ0n) is 12.3. The van der Waals surface area contributed by atoms with Gasteiger partial charge in [-0.25, -0.2) is 0 Å². The molecule has 1 aliphatic carbocycles. The van der Waals surface area contributed by atoms with Crippen LogP contribution in [0.4, 0.5) is 0 Å². The lowest BCUT2D eigenvalue weighted by Gasteiger charge is -2.60. The van der Waals surface area contributed by atoms with Crippen LogP contribution in [0.3, 0.4) is 0 Å². The standard InChI is InChI=1S/C15H29NO2/c1-10(2)8-11(17)9-16-13-12-6-5-7-18-14(12)15(13,3)4/h10-14,16-17H,5-9H2,1-4H3. The Morgan fingerprint density at radius 3 is 2.78 bits per heavy atom. The summed E-state index contributed by atoms with van der Waals surface area (Å²) < 4.78 is 5.89. The van der Waals surface area contributed by atoms with Gasteiger partial charge >= 0.3 is 0 Å². The van der Waals surface area contributed by atoms with Crippen molar-refractivity contribution in [2.75, 3.05) is 13.2 Å². The van der Waals surface area contributed by atoms with Crippen molar-refractivity contribution in [1.29, 1.82) is 0 Å². The molecule has 2 fully saturated rings. The maximum absolute atomic E-state index is 9.96.